The summed E-state index contributed by atoms with van der Waals surface area (Å²) in [5.41, 5.74) is 0.520. The molecule has 2 N–H and O–H groups in total. The standard InChI is InChI=1S/C13H19NO4S/c1-2-3-4-5-10-19(17,18)14-12-8-6-11(7-9-12)13(15)16/h6-9,14H,2-5,10H2,1H3,(H,15,16). The molecule has 5 nitrogen and oxygen atoms in total. The highest BCUT2D eigenvalue weighted by molar-refractivity contribution is 7.92. The first-order valence-electron chi connectivity index (χ1n) is 6.28. The van der Waals surface area contributed by atoms with Gasteiger partial charge in [-0.25, -0.2) is 13.2 Å². The molecule has 0 aliphatic heterocycles. The van der Waals surface area contributed by atoms with Crippen LogP contribution in [0.5, 0.6) is 0 Å². The van der Waals surface area contributed by atoms with E-state index in [0.717, 1.165) is 19.3 Å². The molecule has 0 spiro atoms. The molecule has 6 heteroatoms. The van der Waals surface area contributed by atoms with E-state index >= 15 is 0 Å². The first-order valence-corrected chi connectivity index (χ1v) is 7.93. The largest absolute Gasteiger partial charge is 0.478 e. The Morgan fingerprint density at radius 3 is 2.32 bits per heavy atom. The van der Waals surface area contributed by atoms with Gasteiger partial charge in [0, 0.05) is 5.69 Å². The lowest BCUT2D eigenvalue weighted by Crippen LogP contribution is -2.16. The molecule has 0 saturated carbocycles. The molecule has 0 heterocycles. The molecule has 0 bridgehead atoms. The van der Waals surface area contributed by atoms with Crippen molar-refractivity contribution in [2.45, 2.75) is 32.6 Å². The molecule has 0 fully saturated rings. The van der Waals surface area contributed by atoms with Crippen LogP contribution in [0.1, 0.15) is 43.0 Å². The monoisotopic (exact) mass is 285 g/mol. The van der Waals surface area contributed by atoms with Gasteiger partial charge >= 0.3 is 5.97 Å². The van der Waals surface area contributed by atoms with E-state index in [1.54, 1.807) is 0 Å². The van der Waals surface area contributed by atoms with Crippen molar-refractivity contribution >= 4 is 21.7 Å². The van der Waals surface area contributed by atoms with Crippen LogP contribution < -0.4 is 4.72 Å². The molecule has 1 aromatic rings. The van der Waals surface area contributed by atoms with Gasteiger partial charge in [0.2, 0.25) is 10.0 Å². The predicted molar refractivity (Wildman–Crippen MR) is 75.0 cm³/mol. The lowest BCUT2D eigenvalue weighted by molar-refractivity contribution is 0.0697. The zero-order valence-corrected chi connectivity index (χ0v) is 11.7. The Hall–Kier alpha value is -1.56. The summed E-state index contributed by atoms with van der Waals surface area (Å²) in [7, 11) is -3.35. The van der Waals surface area contributed by atoms with Crippen molar-refractivity contribution in [1.29, 1.82) is 0 Å². The summed E-state index contributed by atoms with van der Waals surface area (Å²) in [5, 5.41) is 8.74. The number of carboxylic acid groups (broad SMARTS) is 1. The number of sulfonamides is 1. The number of anilines is 1. The fourth-order valence-electron chi connectivity index (χ4n) is 1.63. The molecule has 0 atom stereocenters. The van der Waals surface area contributed by atoms with Gasteiger partial charge in [-0.15, -0.1) is 0 Å². The van der Waals surface area contributed by atoms with E-state index in [9.17, 15) is 13.2 Å². The number of hydrogen-bond acceptors (Lipinski definition) is 3. The zero-order valence-electron chi connectivity index (χ0n) is 10.9. The van der Waals surface area contributed by atoms with E-state index in [-0.39, 0.29) is 11.3 Å². The molecule has 0 radical (unpaired) electrons. The summed E-state index contributed by atoms with van der Waals surface area (Å²) in [5.74, 6) is -0.942. The van der Waals surface area contributed by atoms with E-state index in [1.165, 1.54) is 24.3 Å². The molecule has 1 rings (SSSR count). The average Bonchev–Trinajstić information content (AvgIpc) is 2.35. The molecule has 1 aromatic carbocycles. The molecule has 0 amide bonds. The molecule has 106 valence electrons. The predicted octanol–water partition coefficient (Wildman–Crippen LogP) is 2.71. The van der Waals surface area contributed by atoms with Crippen molar-refractivity contribution in [1.82, 2.24) is 0 Å². The van der Waals surface area contributed by atoms with Crippen LogP contribution in [-0.4, -0.2) is 25.2 Å². The number of aromatic carboxylic acids is 1. The van der Waals surface area contributed by atoms with Gasteiger partial charge in [0.15, 0.2) is 0 Å². The molecular weight excluding hydrogens is 266 g/mol. The van der Waals surface area contributed by atoms with Gasteiger partial charge in [-0.05, 0) is 30.7 Å². The highest BCUT2D eigenvalue weighted by Crippen LogP contribution is 2.12. The summed E-state index contributed by atoms with van der Waals surface area (Å²) in [6.45, 7) is 2.07. The zero-order chi connectivity index (χ0) is 14.3. The van der Waals surface area contributed by atoms with Crippen molar-refractivity contribution in [2.24, 2.45) is 0 Å². The minimum Gasteiger partial charge on any atom is -0.478 e. The van der Waals surface area contributed by atoms with Crippen molar-refractivity contribution in [2.75, 3.05) is 10.5 Å². The van der Waals surface area contributed by atoms with Gasteiger partial charge in [-0.2, -0.15) is 0 Å². The van der Waals surface area contributed by atoms with Crippen LogP contribution in [0.3, 0.4) is 0 Å². The maximum Gasteiger partial charge on any atom is 0.335 e. The van der Waals surface area contributed by atoms with Crippen molar-refractivity contribution in [3.63, 3.8) is 0 Å². The summed E-state index contributed by atoms with van der Waals surface area (Å²) < 4.78 is 25.9. The summed E-state index contributed by atoms with van der Waals surface area (Å²) in [6.07, 6.45) is 3.62. The maximum absolute atomic E-state index is 11.8. The number of carbonyl (C=O) groups is 1. The minimum atomic E-state index is -3.35. The normalized spacial score (nSPS) is 11.2. The second-order valence-corrected chi connectivity index (χ2v) is 6.21. The fourth-order valence-corrected chi connectivity index (χ4v) is 2.81. The lowest BCUT2D eigenvalue weighted by atomic mass is 10.2. The number of benzene rings is 1. The Morgan fingerprint density at radius 2 is 1.79 bits per heavy atom. The molecule has 19 heavy (non-hydrogen) atoms. The van der Waals surface area contributed by atoms with E-state index in [0.29, 0.717) is 12.1 Å². The quantitative estimate of drug-likeness (QED) is 0.719. The maximum atomic E-state index is 11.8. The summed E-state index contributed by atoms with van der Waals surface area (Å²) >= 11 is 0. The summed E-state index contributed by atoms with van der Waals surface area (Å²) in [6, 6.07) is 5.65. The molecule has 0 unspecified atom stereocenters. The highest BCUT2D eigenvalue weighted by atomic mass is 32.2. The smallest absolute Gasteiger partial charge is 0.335 e. The number of unbranched alkanes of at least 4 members (excludes halogenated alkanes) is 3. The lowest BCUT2D eigenvalue weighted by Gasteiger charge is -2.08. The van der Waals surface area contributed by atoms with Gasteiger partial charge in [0.25, 0.3) is 0 Å². The van der Waals surface area contributed by atoms with Crippen LogP contribution in [0.2, 0.25) is 0 Å². The SMILES string of the molecule is CCCCCCS(=O)(=O)Nc1ccc(C(=O)O)cc1. The third-order valence-corrected chi connectivity index (χ3v) is 4.04. The second kappa shape index (κ2) is 7.13. The summed E-state index contributed by atoms with van der Waals surface area (Å²) in [4.78, 5) is 10.7. The van der Waals surface area contributed by atoms with Crippen molar-refractivity contribution in [3.8, 4) is 0 Å². The second-order valence-electron chi connectivity index (χ2n) is 4.36. The number of carboxylic acids is 1. The Balaban J connectivity index is 2.55. The molecule has 0 saturated heterocycles. The van der Waals surface area contributed by atoms with Crippen molar-refractivity contribution in [3.05, 3.63) is 29.8 Å². The Kier molecular flexibility index (Phi) is 5.82. The topological polar surface area (TPSA) is 83.5 Å². The van der Waals surface area contributed by atoms with Crippen LogP contribution in [0.25, 0.3) is 0 Å². The van der Waals surface area contributed by atoms with Gasteiger partial charge in [-0.1, -0.05) is 26.2 Å². The number of rotatable bonds is 8. The molecule has 0 aliphatic rings. The van der Waals surface area contributed by atoms with Crippen LogP contribution in [0, 0.1) is 0 Å². The fraction of sp³-hybridized carbons (Fsp3) is 0.462. The van der Waals surface area contributed by atoms with Gasteiger partial charge < -0.3 is 5.11 Å². The highest BCUT2D eigenvalue weighted by Gasteiger charge is 2.10. The Bertz CT molecular complexity index is 508. The van der Waals surface area contributed by atoms with Gasteiger partial charge in [0.05, 0.1) is 11.3 Å². The average molecular weight is 285 g/mol. The third kappa shape index (κ3) is 5.74. The Labute approximate surface area is 113 Å². The molecule has 0 aromatic heterocycles. The van der Waals surface area contributed by atoms with Crippen LogP contribution in [0.4, 0.5) is 5.69 Å². The van der Waals surface area contributed by atoms with Crippen LogP contribution in [-0.2, 0) is 10.0 Å². The van der Waals surface area contributed by atoms with Gasteiger partial charge in [-0.3, -0.25) is 4.72 Å². The van der Waals surface area contributed by atoms with E-state index < -0.39 is 16.0 Å². The number of hydrogen-bond donors (Lipinski definition) is 2. The first-order chi connectivity index (χ1) is 8.94. The first kappa shape index (κ1) is 15.5. The minimum absolute atomic E-state index is 0.0910. The van der Waals surface area contributed by atoms with Gasteiger partial charge in [0.1, 0.15) is 0 Å². The van der Waals surface area contributed by atoms with E-state index in [2.05, 4.69) is 11.6 Å². The Morgan fingerprint density at radius 1 is 1.16 bits per heavy atom. The molecular formula is C13H19NO4S. The van der Waals surface area contributed by atoms with E-state index in [4.69, 9.17) is 5.11 Å². The number of nitrogens with one attached hydrogen (secondary N) is 1. The van der Waals surface area contributed by atoms with Crippen LogP contribution in [0.15, 0.2) is 24.3 Å². The van der Waals surface area contributed by atoms with Crippen LogP contribution >= 0.6 is 0 Å². The molecule has 0 aliphatic carbocycles. The third-order valence-electron chi connectivity index (χ3n) is 2.67. The van der Waals surface area contributed by atoms with E-state index in [1.807, 2.05) is 0 Å². The van der Waals surface area contributed by atoms with Crippen molar-refractivity contribution < 1.29 is 18.3 Å².